The van der Waals surface area contributed by atoms with Gasteiger partial charge in [0.2, 0.25) is 0 Å². The molecular weight excluding hydrogens is 571 g/mol. The van der Waals surface area contributed by atoms with Gasteiger partial charge in [-0.3, -0.25) is 0 Å². The zero-order valence-corrected chi connectivity index (χ0v) is 25.7. The van der Waals surface area contributed by atoms with E-state index in [1.54, 1.807) is 0 Å². The molecule has 9 rings (SSSR count). The quantitative estimate of drug-likeness (QED) is 0.189. The van der Waals surface area contributed by atoms with Crippen molar-refractivity contribution in [2.75, 3.05) is 4.90 Å². The van der Waals surface area contributed by atoms with Crippen molar-refractivity contribution >= 4 is 60.5 Å². The minimum atomic E-state index is 0.849. The van der Waals surface area contributed by atoms with E-state index in [4.69, 9.17) is 4.42 Å². The number of hydrogen-bond donors (Lipinski definition) is 0. The lowest BCUT2D eigenvalue weighted by Gasteiger charge is -2.26. The van der Waals surface area contributed by atoms with Gasteiger partial charge in [0.05, 0.1) is 5.69 Å². The van der Waals surface area contributed by atoms with Gasteiger partial charge in [-0.05, 0) is 88.0 Å². The molecule has 0 saturated carbocycles. The average Bonchev–Trinajstić information content (AvgIpc) is 3.53. The van der Waals surface area contributed by atoms with Gasteiger partial charge in [0.15, 0.2) is 5.58 Å². The maximum atomic E-state index is 6.81. The highest BCUT2D eigenvalue weighted by molar-refractivity contribution is 6.22. The molecule has 0 bridgehead atoms. The van der Waals surface area contributed by atoms with Crippen LogP contribution in [0.5, 0.6) is 0 Å². The van der Waals surface area contributed by atoms with Crippen molar-refractivity contribution in [2.45, 2.75) is 6.42 Å². The van der Waals surface area contributed by atoms with E-state index in [0.29, 0.717) is 0 Å². The molecule has 0 aliphatic rings. The third kappa shape index (κ3) is 4.60. The molecule has 0 fully saturated rings. The van der Waals surface area contributed by atoms with Crippen LogP contribution in [0, 0.1) is 12.1 Å². The highest BCUT2D eigenvalue weighted by Gasteiger charge is 2.23. The Kier molecular flexibility index (Phi) is 6.47. The number of fused-ring (bicyclic) bond motifs is 6. The summed E-state index contributed by atoms with van der Waals surface area (Å²) in [5.74, 6) is 0. The molecule has 0 aliphatic carbocycles. The smallest absolute Gasteiger partial charge is 0.160 e. The van der Waals surface area contributed by atoms with Crippen molar-refractivity contribution in [1.29, 1.82) is 0 Å². The largest absolute Gasteiger partial charge is 0.454 e. The third-order valence-electron chi connectivity index (χ3n) is 9.13. The Balaban J connectivity index is 1.36. The second-order valence-electron chi connectivity index (χ2n) is 11.9. The summed E-state index contributed by atoms with van der Waals surface area (Å²) in [5, 5.41) is 6.90. The fourth-order valence-electron chi connectivity index (χ4n) is 7.07. The Labute approximate surface area is 273 Å². The van der Waals surface area contributed by atoms with Crippen LogP contribution in [-0.4, -0.2) is 0 Å². The minimum absolute atomic E-state index is 0.849. The van der Waals surface area contributed by atoms with E-state index in [9.17, 15) is 0 Å². The number of nitrogens with zero attached hydrogens (tertiary/aromatic N) is 1. The number of rotatable bonds is 6. The second-order valence-corrected chi connectivity index (χ2v) is 11.9. The molecule has 0 radical (unpaired) electrons. The van der Waals surface area contributed by atoms with Crippen molar-refractivity contribution in [3.05, 3.63) is 187 Å². The van der Waals surface area contributed by atoms with Gasteiger partial charge < -0.3 is 9.32 Å². The Morgan fingerprint density at radius 1 is 0.532 bits per heavy atom. The summed E-state index contributed by atoms with van der Waals surface area (Å²) in [6.07, 6.45) is 0.849. The van der Waals surface area contributed by atoms with Crippen LogP contribution in [0.2, 0.25) is 0 Å². The van der Waals surface area contributed by atoms with Crippen molar-refractivity contribution in [3.8, 4) is 11.1 Å². The summed E-state index contributed by atoms with van der Waals surface area (Å²) in [7, 11) is 0. The van der Waals surface area contributed by atoms with Gasteiger partial charge in [-0.15, -0.1) is 0 Å². The fourth-order valence-corrected chi connectivity index (χ4v) is 7.07. The monoisotopic (exact) mass is 599 g/mol. The van der Waals surface area contributed by atoms with Crippen LogP contribution < -0.4 is 4.90 Å². The SMILES string of the molecule is c1cc(-c2ccc(N(c3ccccc3)c3ccccc3)c3oc4ccccc4c23)c2c(c#1)ccc1cccc(Cc3ccccc3)c12. The first-order valence-corrected chi connectivity index (χ1v) is 16.0. The van der Waals surface area contributed by atoms with E-state index in [0.717, 1.165) is 61.9 Å². The standard InChI is InChI=1S/C45H29NO/c1-4-14-31(15-5-1)30-34-18-12-16-32-26-27-33-17-13-24-37(43(33)42(32)34)38-28-29-40(45-44(38)39-23-10-11-25-41(39)47-45)46(35-19-6-2-7-20-35)36-21-8-3-9-22-36/h1-12,14-16,18-29H,30H2. The second kappa shape index (κ2) is 11.2. The van der Waals surface area contributed by atoms with E-state index < -0.39 is 0 Å². The summed E-state index contributed by atoms with van der Waals surface area (Å²) in [5.41, 5.74) is 9.66. The molecule has 1 aromatic heterocycles. The van der Waals surface area contributed by atoms with Gasteiger partial charge in [-0.2, -0.15) is 0 Å². The average molecular weight is 600 g/mol. The predicted molar refractivity (Wildman–Crippen MR) is 196 cm³/mol. The van der Waals surface area contributed by atoms with Crippen LogP contribution in [0.4, 0.5) is 17.1 Å². The van der Waals surface area contributed by atoms with E-state index in [1.807, 2.05) is 6.07 Å². The lowest BCUT2D eigenvalue weighted by molar-refractivity contribution is 0.669. The lowest BCUT2D eigenvalue weighted by atomic mass is 9.89. The van der Waals surface area contributed by atoms with E-state index >= 15 is 0 Å². The van der Waals surface area contributed by atoms with Crippen molar-refractivity contribution < 1.29 is 4.42 Å². The van der Waals surface area contributed by atoms with Gasteiger partial charge >= 0.3 is 0 Å². The van der Waals surface area contributed by atoms with Gasteiger partial charge in [-0.1, -0.05) is 127 Å². The van der Waals surface area contributed by atoms with Crippen LogP contribution in [-0.2, 0) is 6.42 Å². The maximum Gasteiger partial charge on any atom is 0.160 e. The van der Waals surface area contributed by atoms with Crippen LogP contribution in [0.25, 0.3) is 54.6 Å². The Morgan fingerprint density at radius 3 is 2.00 bits per heavy atom. The maximum absolute atomic E-state index is 6.81. The summed E-state index contributed by atoms with van der Waals surface area (Å²) in [6.45, 7) is 0. The van der Waals surface area contributed by atoms with Crippen LogP contribution in [0.1, 0.15) is 11.1 Å². The van der Waals surface area contributed by atoms with Gasteiger partial charge in [0, 0.05) is 32.9 Å². The Morgan fingerprint density at radius 2 is 1.23 bits per heavy atom. The van der Waals surface area contributed by atoms with Crippen molar-refractivity contribution in [1.82, 2.24) is 0 Å². The molecule has 0 atom stereocenters. The molecule has 2 heteroatoms. The zero-order chi connectivity index (χ0) is 31.2. The molecule has 2 nitrogen and oxygen atoms in total. The van der Waals surface area contributed by atoms with E-state index in [-0.39, 0.29) is 0 Å². The number of para-hydroxylation sites is 3. The molecule has 0 unspecified atom stereocenters. The van der Waals surface area contributed by atoms with Crippen molar-refractivity contribution in [3.63, 3.8) is 0 Å². The molecule has 47 heavy (non-hydrogen) atoms. The highest BCUT2D eigenvalue weighted by atomic mass is 16.3. The molecule has 9 aromatic rings. The summed E-state index contributed by atoms with van der Waals surface area (Å²) < 4.78 is 6.81. The predicted octanol–water partition coefficient (Wildman–Crippen LogP) is 12.2. The Hall–Kier alpha value is -6.30. The normalized spacial score (nSPS) is 11.3. The molecule has 0 N–H and O–H groups in total. The van der Waals surface area contributed by atoms with Crippen LogP contribution in [0.15, 0.2) is 168 Å². The van der Waals surface area contributed by atoms with E-state index in [1.165, 1.54) is 27.3 Å². The molecule has 0 aliphatic heterocycles. The van der Waals surface area contributed by atoms with Gasteiger partial charge in [0.25, 0.3) is 0 Å². The number of benzene rings is 7. The summed E-state index contributed by atoms with van der Waals surface area (Å²) >= 11 is 0. The number of hydrogen-bond acceptors (Lipinski definition) is 2. The number of furan rings is 1. The molecular formula is C45H29NO. The van der Waals surface area contributed by atoms with Crippen LogP contribution in [0.3, 0.4) is 0 Å². The molecule has 0 amide bonds. The molecule has 1 heterocycles. The van der Waals surface area contributed by atoms with Crippen LogP contribution >= 0.6 is 0 Å². The fraction of sp³-hybridized carbons (Fsp3) is 0.0222. The summed E-state index contributed by atoms with van der Waals surface area (Å²) in [4.78, 5) is 2.28. The van der Waals surface area contributed by atoms with Gasteiger partial charge in [0.1, 0.15) is 5.58 Å². The third-order valence-corrected chi connectivity index (χ3v) is 9.13. The molecule has 0 spiro atoms. The molecule has 220 valence electrons. The Bertz CT molecular complexity index is 2490. The van der Waals surface area contributed by atoms with Gasteiger partial charge in [-0.25, -0.2) is 0 Å². The first-order chi connectivity index (χ1) is 23.3. The highest BCUT2D eigenvalue weighted by Crippen LogP contribution is 2.47. The topological polar surface area (TPSA) is 16.4 Å². The van der Waals surface area contributed by atoms with E-state index in [2.05, 4.69) is 175 Å². The summed E-state index contributed by atoms with van der Waals surface area (Å²) in [6, 6.07) is 64.5. The number of anilines is 3. The van der Waals surface area contributed by atoms with Crippen molar-refractivity contribution in [2.24, 2.45) is 0 Å². The molecule has 0 saturated heterocycles. The first kappa shape index (κ1) is 27.0. The minimum Gasteiger partial charge on any atom is -0.454 e. The zero-order valence-electron chi connectivity index (χ0n) is 25.7. The first-order valence-electron chi connectivity index (χ1n) is 16.0. The lowest BCUT2D eigenvalue weighted by Crippen LogP contribution is -2.10. The molecule has 8 aromatic carbocycles.